The molecular formula is C20H27NO3S. The highest BCUT2D eigenvalue weighted by Crippen LogP contribution is 2.47. The highest BCUT2D eigenvalue weighted by Gasteiger charge is 2.36. The lowest BCUT2D eigenvalue weighted by Gasteiger charge is -2.16. The zero-order valence-electron chi connectivity index (χ0n) is 15.5. The van der Waals surface area contributed by atoms with Gasteiger partial charge < -0.3 is 4.42 Å². The summed E-state index contributed by atoms with van der Waals surface area (Å²) in [6, 6.07) is 9.64. The molecule has 1 aliphatic rings. The monoisotopic (exact) mass is 361 g/mol. The zero-order chi connectivity index (χ0) is 18.2. The number of furan rings is 1. The first-order valence-electron chi connectivity index (χ1n) is 8.83. The van der Waals surface area contributed by atoms with Crippen molar-refractivity contribution in [3.05, 3.63) is 53.0 Å². The van der Waals surface area contributed by atoms with Gasteiger partial charge in [0.05, 0.1) is 17.2 Å². The summed E-state index contributed by atoms with van der Waals surface area (Å²) in [4.78, 5) is 2.45. The van der Waals surface area contributed by atoms with E-state index >= 15 is 0 Å². The molecule has 0 bridgehead atoms. The summed E-state index contributed by atoms with van der Waals surface area (Å²) in [5.41, 5.74) is 1.78. The number of hydrogen-bond donors (Lipinski definition) is 0. The Labute approximate surface area is 150 Å². The highest BCUT2D eigenvalue weighted by atomic mass is 32.2. The Morgan fingerprint density at radius 1 is 1.20 bits per heavy atom. The lowest BCUT2D eigenvalue weighted by molar-refractivity contribution is 0.304. The van der Waals surface area contributed by atoms with Crippen molar-refractivity contribution in [2.75, 3.05) is 19.3 Å². The summed E-state index contributed by atoms with van der Waals surface area (Å²) < 4.78 is 31.2. The van der Waals surface area contributed by atoms with Gasteiger partial charge in [-0.2, -0.15) is 0 Å². The number of nitrogens with zero attached hydrogens (tertiary/aromatic N) is 1. The Balaban J connectivity index is 1.58. The molecule has 1 aromatic carbocycles. The molecule has 2 atom stereocenters. The molecule has 0 spiro atoms. The fourth-order valence-corrected chi connectivity index (χ4v) is 4.87. The summed E-state index contributed by atoms with van der Waals surface area (Å²) in [5.74, 6) is 3.38. The van der Waals surface area contributed by atoms with Gasteiger partial charge in [-0.05, 0) is 62.6 Å². The molecule has 1 fully saturated rings. The molecule has 1 heterocycles. The standard InChI is InChI=1S/C20H27NO3S/c1-14-5-6-15(2)20(11-14)25(22,23)10-9-21(4)13-17-7-8-19(24-17)18-12-16(18)3/h5-8,11,16,18H,9-10,12-13H2,1-4H3/t16-,18-/m0/s1. The Kier molecular flexibility index (Phi) is 5.07. The molecular weight excluding hydrogens is 334 g/mol. The topological polar surface area (TPSA) is 50.5 Å². The normalized spacial score (nSPS) is 20.2. The average Bonchev–Trinajstić information content (AvgIpc) is 3.10. The van der Waals surface area contributed by atoms with Crippen molar-refractivity contribution in [1.29, 1.82) is 0 Å². The van der Waals surface area contributed by atoms with Crippen LogP contribution in [0, 0.1) is 19.8 Å². The Morgan fingerprint density at radius 3 is 2.60 bits per heavy atom. The molecule has 0 N–H and O–H groups in total. The van der Waals surface area contributed by atoms with E-state index in [9.17, 15) is 8.42 Å². The quantitative estimate of drug-likeness (QED) is 0.750. The van der Waals surface area contributed by atoms with Crippen LogP contribution < -0.4 is 0 Å². The molecule has 3 rings (SSSR count). The first kappa shape index (κ1) is 18.2. The summed E-state index contributed by atoms with van der Waals surface area (Å²) in [7, 11) is -1.35. The fourth-order valence-electron chi connectivity index (χ4n) is 3.17. The van der Waals surface area contributed by atoms with Gasteiger partial charge in [0.2, 0.25) is 0 Å². The van der Waals surface area contributed by atoms with Crippen LogP contribution in [-0.2, 0) is 16.4 Å². The van der Waals surface area contributed by atoms with Crippen LogP contribution in [0.15, 0.2) is 39.6 Å². The molecule has 1 saturated carbocycles. The second kappa shape index (κ2) is 6.96. The van der Waals surface area contributed by atoms with Gasteiger partial charge in [-0.15, -0.1) is 0 Å². The molecule has 2 aromatic rings. The first-order chi connectivity index (χ1) is 11.8. The van der Waals surface area contributed by atoms with Crippen molar-refractivity contribution >= 4 is 9.84 Å². The molecule has 0 radical (unpaired) electrons. The van der Waals surface area contributed by atoms with Crippen LogP contribution in [-0.4, -0.2) is 32.7 Å². The maximum absolute atomic E-state index is 12.6. The van der Waals surface area contributed by atoms with Crippen LogP contribution in [0.1, 0.15) is 41.9 Å². The van der Waals surface area contributed by atoms with Crippen molar-refractivity contribution in [2.45, 2.75) is 44.6 Å². The molecule has 0 aliphatic heterocycles. The molecule has 0 amide bonds. The minimum Gasteiger partial charge on any atom is -0.464 e. The fraction of sp³-hybridized carbons (Fsp3) is 0.500. The van der Waals surface area contributed by atoms with E-state index < -0.39 is 9.84 Å². The number of aryl methyl sites for hydroxylation is 2. The molecule has 1 aromatic heterocycles. The average molecular weight is 362 g/mol. The number of sulfone groups is 1. The third-order valence-corrected chi connectivity index (χ3v) is 6.83. The van der Waals surface area contributed by atoms with Crippen molar-refractivity contribution in [3.8, 4) is 0 Å². The maximum Gasteiger partial charge on any atom is 0.179 e. The van der Waals surface area contributed by atoms with Gasteiger partial charge in [0, 0.05) is 12.5 Å². The van der Waals surface area contributed by atoms with Crippen molar-refractivity contribution in [2.24, 2.45) is 5.92 Å². The van der Waals surface area contributed by atoms with Crippen LogP contribution in [0.5, 0.6) is 0 Å². The number of rotatable bonds is 7. The molecule has 1 aliphatic carbocycles. The van der Waals surface area contributed by atoms with Gasteiger partial charge in [-0.25, -0.2) is 8.42 Å². The van der Waals surface area contributed by atoms with Crippen molar-refractivity contribution < 1.29 is 12.8 Å². The highest BCUT2D eigenvalue weighted by molar-refractivity contribution is 7.91. The SMILES string of the molecule is Cc1ccc(C)c(S(=O)(=O)CCN(C)Cc2ccc([C@H]3C[C@@H]3C)o2)c1. The molecule has 25 heavy (non-hydrogen) atoms. The van der Waals surface area contributed by atoms with E-state index in [-0.39, 0.29) is 5.75 Å². The zero-order valence-corrected chi connectivity index (χ0v) is 16.3. The minimum absolute atomic E-state index is 0.112. The first-order valence-corrected chi connectivity index (χ1v) is 10.5. The van der Waals surface area contributed by atoms with E-state index in [0.717, 1.165) is 28.6 Å². The maximum atomic E-state index is 12.6. The Bertz CT molecular complexity index is 854. The van der Waals surface area contributed by atoms with Gasteiger partial charge in [0.25, 0.3) is 0 Å². The molecule has 136 valence electrons. The summed E-state index contributed by atoms with van der Waals surface area (Å²) in [6.07, 6.45) is 1.21. The molecule has 4 nitrogen and oxygen atoms in total. The van der Waals surface area contributed by atoms with Crippen LogP contribution in [0.2, 0.25) is 0 Å². The van der Waals surface area contributed by atoms with E-state index in [1.165, 1.54) is 6.42 Å². The van der Waals surface area contributed by atoms with Gasteiger partial charge in [0.15, 0.2) is 9.84 Å². The van der Waals surface area contributed by atoms with Gasteiger partial charge >= 0.3 is 0 Å². The third-order valence-electron chi connectivity index (χ3n) is 5.00. The molecule has 0 saturated heterocycles. The largest absolute Gasteiger partial charge is 0.464 e. The summed E-state index contributed by atoms with van der Waals surface area (Å²) >= 11 is 0. The lowest BCUT2D eigenvalue weighted by atomic mass is 10.2. The van der Waals surface area contributed by atoms with E-state index in [1.807, 2.05) is 44.0 Å². The van der Waals surface area contributed by atoms with Gasteiger partial charge in [-0.3, -0.25) is 4.90 Å². The third kappa shape index (κ3) is 4.33. The minimum atomic E-state index is -3.28. The van der Waals surface area contributed by atoms with Crippen LogP contribution in [0.25, 0.3) is 0 Å². The van der Waals surface area contributed by atoms with E-state index in [4.69, 9.17) is 4.42 Å². The van der Waals surface area contributed by atoms with Gasteiger partial charge in [-0.1, -0.05) is 19.1 Å². The van der Waals surface area contributed by atoms with Crippen molar-refractivity contribution in [3.63, 3.8) is 0 Å². The number of benzene rings is 1. The van der Waals surface area contributed by atoms with E-state index in [0.29, 0.717) is 23.9 Å². The molecule has 5 heteroatoms. The van der Waals surface area contributed by atoms with Gasteiger partial charge in [0.1, 0.15) is 11.5 Å². The Hall–Kier alpha value is -1.59. The Morgan fingerprint density at radius 2 is 1.92 bits per heavy atom. The summed E-state index contributed by atoms with van der Waals surface area (Å²) in [5, 5.41) is 0. The number of hydrogen-bond acceptors (Lipinski definition) is 4. The lowest BCUT2D eigenvalue weighted by Crippen LogP contribution is -2.25. The van der Waals surface area contributed by atoms with E-state index in [1.54, 1.807) is 6.07 Å². The predicted molar refractivity (Wildman–Crippen MR) is 99.5 cm³/mol. The van der Waals surface area contributed by atoms with E-state index in [2.05, 4.69) is 13.0 Å². The van der Waals surface area contributed by atoms with Crippen LogP contribution in [0.3, 0.4) is 0 Å². The molecule has 0 unspecified atom stereocenters. The van der Waals surface area contributed by atoms with Crippen LogP contribution in [0.4, 0.5) is 0 Å². The second-order valence-electron chi connectivity index (χ2n) is 7.45. The summed E-state index contributed by atoms with van der Waals surface area (Å²) in [6.45, 7) is 7.10. The van der Waals surface area contributed by atoms with Crippen molar-refractivity contribution in [1.82, 2.24) is 4.90 Å². The second-order valence-corrected chi connectivity index (χ2v) is 9.53. The van der Waals surface area contributed by atoms with Crippen LogP contribution >= 0.6 is 0 Å². The predicted octanol–water partition coefficient (Wildman–Crippen LogP) is 3.93. The smallest absolute Gasteiger partial charge is 0.179 e.